The van der Waals surface area contributed by atoms with E-state index in [-0.39, 0.29) is 0 Å². The highest BCUT2D eigenvalue weighted by Gasteiger charge is 2.48. The first-order valence-electron chi connectivity index (χ1n) is 10.7. The van der Waals surface area contributed by atoms with Crippen molar-refractivity contribution in [2.24, 2.45) is 22.7 Å². The topological polar surface area (TPSA) is 9.72 Å². The van der Waals surface area contributed by atoms with Crippen molar-refractivity contribution in [2.45, 2.75) is 52.9 Å². The molecular formula is C21H39N3. The van der Waals surface area contributed by atoms with Gasteiger partial charge in [0.2, 0.25) is 0 Å². The number of hydrogen-bond acceptors (Lipinski definition) is 3. The summed E-state index contributed by atoms with van der Waals surface area (Å²) in [5.74, 6) is 1.84. The molecule has 3 heteroatoms. The van der Waals surface area contributed by atoms with E-state index in [9.17, 15) is 0 Å². The van der Waals surface area contributed by atoms with Crippen LogP contribution in [0.3, 0.4) is 0 Å². The first-order valence-corrected chi connectivity index (χ1v) is 10.7. The van der Waals surface area contributed by atoms with Crippen LogP contribution in [0.1, 0.15) is 52.9 Å². The molecule has 0 aromatic rings. The standard InChI is InChI=1S/C21H39N3/c1-4-22-12-19(13-22)14-24-16-21(17-24)7-9-23(10-8-21)15-20(5-6-20)11-18(2)3/h18-19H,4-17H2,1-3H3. The maximum atomic E-state index is 2.81. The third-order valence-corrected chi connectivity index (χ3v) is 7.39. The SMILES string of the molecule is CCN1CC(CN2CC3(CCN(CC4(CC(C)C)CC4)CC3)C2)C1. The zero-order valence-electron chi connectivity index (χ0n) is 16.4. The summed E-state index contributed by atoms with van der Waals surface area (Å²) in [4.78, 5) is 8.15. The molecule has 3 heterocycles. The van der Waals surface area contributed by atoms with E-state index < -0.39 is 0 Å². The zero-order valence-corrected chi connectivity index (χ0v) is 16.4. The Morgan fingerprint density at radius 1 is 0.917 bits per heavy atom. The van der Waals surface area contributed by atoms with Crippen LogP contribution in [-0.2, 0) is 0 Å². The third kappa shape index (κ3) is 3.68. The predicted octanol–water partition coefficient (Wildman–Crippen LogP) is 3.16. The molecule has 4 aliphatic rings. The summed E-state index contributed by atoms with van der Waals surface area (Å²) >= 11 is 0. The normalized spacial score (nSPS) is 30.5. The fourth-order valence-electron chi connectivity index (χ4n) is 5.89. The molecule has 0 atom stereocenters. The van der Waals surface area contributed by atoms with Gasteiger partial charge in [0.1, 0.15) is 0 Å². The van der Waals surface area contributed by atoms with Gasteiger partial charge in [-0.3, -0.25) is 0 Å². The Hall–Kier alpha value is -0.120. The van der Waals surface area contributed by atoms with Crippen LogP contribution in [0.15, 0.2) is 0 Å². The smallest absolute Gasteiger partial charge is 0.00516 e. The van der Waals surface area contributed by atoms with Gasteiger partial charge in [0.15, 0.2) is 0 Å². The van der Waals surface area contributed by atoms with Gasteiger partial charge >= 0.3 is 0 Å². The minimum Gasteiger partial charge on any atom is -0.303 e. The summed E-state index contributed by atoms with van der Waals surface area (Å²) < 4.78 is 0. The molecule has 1 aliphatic carbocycles. The van der Waals surface area contributed by atoms with Crippen LogP contribution < -0.4 is 0 Å². The van der Waals surface area contributed by atoms with Crippen molar-refractivity contribution in [1.29, 1.82) is 0 Å². The van der Waals surface area contributed by atoms with Crippen LogP contribution in [0.25, 0.3) is 0 Å². The largest absolute Gasteiger partial charge is 0.303 e. The molecule has 3 aliphatic heterocycles. The van der Waals surface area contributed by atoms with E-state index in [2.05, 4.69) is 35.5 Å². The number of likely N-dealkylation sites (tertiary alicyclic amines) is 3. The van der Waals surface area contributed by atoms with Crippen LogP contribution in [0.4, 0.5) is 0 Å². The van der Waals surface area contributed by atoms with Crippen LogP contribution in [0, 0.1) is 22.7 Å². The van der Waals surface area contributed by atoms with E-state index in [0.717, 1.165) is 17.3 Å². The Bertz CT molecular complexity index is 420. The number of hydrogen-bond donors (Lipinski definition) is 0. The summed E-state index contributed by atoms with van der Waals surface area (Å²) in [6.07, 6.45) is 7.38. The summed E-state index contributed by atoms with van der Waals surface area (Å²) in [6, 6.07) is 0. The molecule has 0 aromatic carbocycles. The molecule has 3 nitrogen and oxygen atoms in total. The van der Waals surface area contributed by atoms with Crippen molar-refractivity contribution < 1.29 is 0 Å². The lowest BCUT2D eigenvalue weighted by molar-refractivity contribution is -0.0683. The second kappa shape index (κ2) is 6.55. The molecule has 4 rings (SSSR count). The van der Waals surface area contributed by atoms with Gasteiger partial charge in [-0.25, -0.2) is 0 Å². The molecule has 3 saturated heterocycles. The first kappa shape index (κ1) is 17.3. The first-order chi connectivity index (χ1) is 11.5. The van der Waals surface area contributed by atoms with E-state index in [0.29, 0.717) is 5.41 Å². The molecule has 1 spiro atoms. The minimum atomic E-state index is 0.708. The van der Waals surface area contributed by atoms with Gasteiger partial charge < -0.3 is 14.7 Å². The van der Waals surface area contributed by atoms with Crippen molar-refractivity contribution in [2.75, 3.05) is 58.9 Å². The molecule has 0 amide bonds. The van der Waals surface area contributed by atoms with Crippen LogP contribution >= 0.6 is 0 Å². The molecule has 0 aromatic heterocycles. The van der Waals surface area contributed by atoms with Crippen molar-refractivity contribution in [1.82, 2.24) is 14.7 Å². The zero-order chi connectivity index (χ0) is 16.8. The van der Waals surface area contributed by atoms with Crippen molar-refractivity contribution in [3.63, 3.8) is 0 Å². The molecular weight excluding hydrogens is 294 g/mol. The predicted molar refractivity (Wildman–Crippen MR) is 101 cm³/mol. The quantitative estimate of drug-likeness (QED) is 0.708. The Balaban J connectivity index is 1.15. The Morgan fingerprint density at radius 3 is 2.12 bits per heavy atom. The van der Waals surface area contributed by atoms with Gasteiger partial charge in [0, 0.05) is 39.3 Å². The lowest BCUT2D eigenvalue weighted by Gasteiger charge is -2.56. The fraction of sp³-hybridized carbons (Fsp3) is 1.00. The Labute approximate surface area is 149 Å². The van der Waals surface area contributed by atoms with Crippen molar-refractivity contribution in [3.05, 3.63) is 0 Å². The number of piperidine rings is 1. The third-order valence-electron chi connectivity index (χ3n) is 7.39. The van der Waals surface area contributed by atoms with E-state index in [1.54, 1.807) is 0 Å². The summed E-state index contributed by atoms with van der Waals surface area (Å²) in [5, 5.41) is 0. The van der Waals surface area contributed by atoms with Gasteiger partial charge in [-0.15, -0.1) is 0 Å². The summed E-state index contributed by atoms with van der Waals surface area (Å²) in [6.45, 7) is 19.4. The molecule has 24 heavy (non-hydrogen) atoms. The lowest BCUT2D eigenvalue weighted by Crippen LogP contribution is -2.63. The molecule has 0 unspecified atom stereocenters. The summed E-state index contributed by atoms with van der Waals surface area (Å²) in [5.41, 5.74) is 1.43. The molecule has 0 radical (unpaired) electrons. The highest BCUT2D eigenvalue weighted by Crippen LogP contribution is 2.52. The van der Waals surface area contributed by atoms with E-state index >= 15 is 0 Å². The molecule has 1 saturated carbocycles. The highest BCUT2D eigenvalue weighted by atomic mass is 15.3. The molecule has 0 bridgehead atoms. The maximum Gasteiger partial charge on any atom is 0.00516 e. The van der Waals surface area contributed by atoms with E-state index in [1.165, 1.54) is 91.0 Å². The van der Waals surface area contributed by atoms with Gasteiger partial charge in [-0.05, 0) is 74.4 Å². The number of nitrogens with zero attached hydrogens (tertiary/aromatic N) is 3. The van der Waals surface area contributed by atoms with E-state index in [4.69, 9.17) is 0 Å². The monoisotopic (exact) mass is 333 g/mol. The van der Waals surface area contributed by atoms with E-state index in [1.807, 2.05) is 0 Å². The van der Waals surface area contributed by atoms with Gasteiger partial charge in [-0.1, -0.05) is 20.8 Å². The minimum absolute atomic E-state index is 0.708. The average Bonchev–Trinajstić information content (AvgIpc) is 3.20. The summed E-state index contributed by atoms with van der Waals surface area (Å²) in [7, 11) is 0. The van der Waals surface area contributed by atoms with Crippen molar-refractivity contribution in [3.8, 4) is 0 Å². The average molecular weight is 334 g/mol. The van der Waals surface area contributed by atoms with Gasteiger partial charge in [0.05, 0.1) is 0 Å². The Kier molecular flexibility index (Phi) is 4.73. The Morgan fingerprint density at radius 2 is 1.58 bits per heavy atom. The van der Waals surface area contributed by atoms with Gasteiger partial charge in [-0.2, -0.15) is 0 Å². The highest BCUT2D eigenvalue weighted by molar-refractivity contribution is 5.02. The second-order valence-corrected chi connectivity index (χ2v) is 10.3. The van der Waals surface area contributed by atoms with Crippen LogP contribution in [0.2, 0.25) is 0 Å². The van der Waals surface area contributed by atoms with Crippen LogP contribution in [0.5, 0.6) is 0 Å². The second-order valence-electron chi connectivity index (χ2n) is 10.3. The van der Waals surface area contributed by atoms with Crippen LogP contribution in [-0.4, -0.2) is 73.6 Å². The molecule has 0 N–H and O–H groups in total. The lowest BCUT2D eigenvalue weighted by atomic mass is 9.71. The fourth-order valence-corrected chi connectivity index (χ4v) is 5.89. The molecule has 4 fully saturated rings. The van der Waals surface area contributed by atoms with Crippen molar-refractivity contribution >= 4 is 0 Å². The number of rotatable bonds is 7. The van der Waals surface area contributed by atoms with Gasteiger partial charge in [0.25, 0.3) is 0 Å². The maximum absolute atomic E-state index is 2.81. The molecule has 138 valence electrons.